The van der Waals surface area contributed by atoms with Crippen molar-refractivity contribution in [2.75, 3.05) is 6.54 Å². The first-order valence-electron chi connectivity index (χ1n) is 7.63. The third-order valence-corrected chi connectivity index (χ3v) is 4.69. The predicted molar refractivity (Wildman–Crippen MR) is 79.6 cm³/mol. The van der Waals surface area contributed by atoms with Gasteiger partial charge in [0.15, 0.2) is 5.96 Å². The lowest BCUT2D eigenvalue weighted by molar-refractivity contribution is -0.137. The first-order valence-corrected chi connectivity index (χ1v) is 7.63. The van der Waals surface area contributed by atoms with Crippen molar-refractivity contribution in [3.63, 3.8) is 0 Å². The zero-order valence-corrected chi connectivity index (χ0v) is 12.3. The molecule has 120 valence electrons. The normalized spacial score (nSPS) is 21.3. The van der Waals surface area contributed by atoms with Gasteiger partial charge in [-0.15, -0.1) is 0 Å². The average Bonchev–Trinajstić information content (AvgIpc) is 3.21. The Hall–Kier alpha value is -1.72. The van der Waals surface area contributed by atoms with Gasteiger partial charge in [-0.2, -0.15) is 13.2 Å². The first-order chi connectivity index (χ1) is 10.4. The summed E-state index contributed by atoms with van der Waals surface area (Å²) in [5.74, 6) is 0.447. The van der Waals surface area contributed by atoms with Crippen LogP contribution in [0.1, 0.15) is 43.2 Å². The largest absolute Gasteiger partial charge is 0.416 e. The molecular formula is C16H20F3N3. The molecule has 2 aliphatic rings. The standard InChI is InChI=1S/C16H20F3N3/c17-16(18,19)12-6-4-11(5-7-12)15(8-9-15)10-21-14(20)22-13-2-1-3-13/h4-7,13H,1-3,8-10H2,(H3,20,21,22). The zero-order valence-electron chi connectivity index (χ0n) is 12.3. The van der Waals surface area contributed by atoms with E-state index in [9.17, 15) is 13.2 Å². The molecule has 0 spiro atoms. The highest BCUT2D eigenvalue weighted by molar-refractivity contribution is 5.78. The molecule has 3 N–H and O–H groups in total. The molecule has 0 amide bonds. The third kappa shape index (κ3) is 3.20. The van der Waals surface area contributed by atoms with Crippen molar-refractivity contribution >= 4 is 5.96 Å². The summed E-state index contributed by atoms with van der Waals surface area (Å²) in [4.78, 5) is 4.39. The van der Waals surface area contributed by atoms with E-state index in [1.54, 1.807) is 12.1 Å². The molecule has 0 bridgehead atoms. The van der Waals surface area contributed by atoms with Gasteiger partial charge in [-0.1, -0.05) is 12.1 Å². The number of rotatable bonds is 4. The molecule has 1 aromatic rings. The van der Waals surface area contributed by atoms with Crippen molar-refractivity contribution in [3.05, 3.63) is 35.4 Å². The topological polar surface area (TPSA) is 50.4 Å². The summed E-state index contributed by atoms with van der Waals surface area (Å²) >= 11 is 0. The van der Waals surface area contributed by atoms with E-state index >= 15 is 0 Å². The summed E-state index contributed by atoms with van der Waals surface area (Å²) in [6.07, 6.45) is 1.07. The van der Waals surface area contributed by atoms with Crippen molar-refractivity contribution in [2.45, 2.75) is 49.7 Å². The van der Waals surface area contributed by atoms with Gasteiger partial charge in [-0.05, 0) is 49.8 Å². The van der Waals surface area contributed by atoms with Crippen LogP contribution in [0, 0.1) is 0 Å². The lowest BCUT2D eigenvalue weighted by Gasteiger charge is -2.27. The second-order valence-electron chi connectivity index (χ2n) is 6.33. The maximum absolute atomic E-state index is 12.6. The van der Waals surface area contributed by atoms with Crippen LogP contribution in [-0.2, 0) is 11.6 Å². The third-order valence-electron chi connectivity index (χ3n) is 4.69. The zero-order chi connectivity index (χ0) is 15.8. The van der Waals surface area contributed by atoms with Gasteiger partial charge in [0.1, 0.15) is 0 Å². The average molecular weight is 311 g/mol. The second kappa shape index (κ2) is 5.48. The lowest BCUT2D eigenvalue weighted by Crippen LogP contribution is -2.44. The summed E-state index contributed by atoms with van der Waals surface area (Å²) in [6.45, 7) is 0.532. The van der Waals surface area contributed by atoms with Crippen molar-refractivity contribution in [2.24, 2.45) is 10.7 Å². The summed E-state index contributed by atoms with van der Waals surface area (Å²) < 4.78 is 37.8. The van der Waals surface area contributed by atoms with Crippen LogP contribution < -0.4 is 11.1 Å². The van der Waals surface area contributed by atoms with Gasteiger partial charge >= 0.3 is 6.18 Å². The molecule has 0 atom stereocenters. The molecular weight excluding hydrogens is 291 g/mol. The molecule has 3 nitrogen and oxygen atoms in total. The first kappa shape index (κ1) is 15.2. The Morgan fingerprint density at radius 2 is 1.86 bits per heavy atom. The molecule has 0 unspecified atom stereocenters. The van der Waals surface area contributed by atoms with E-state index in [1.807, 2.05) is 0 Å². The summed E-state index contributed by atoms with van der Waals surface area (Å²) in [5, 5.41) is 3.18. The number of hydrogen-bond donors (Lipinski definition) is 2. The molecule has 3 rings (SSSR count). The van der Waals surface area contributed by atoms with Crippen molar-refractivity contribution in [1.29, 1.82) is 0 Å². The molecule has 1 aromatic carbocycles. The van der Waals surface area contributed by atoms with E-state index in [-0.39, 0.29) is 5.41 Å². The molecule has 22 heavy (non-hydrogen) atoms. The minimum atomic E-state index is -4.29. The predicted octanol–water partition coefficient (Wildman–Crippen LogP) is 3.19. The van der Waals surface area contributed by atoms with Crippen LogP contribution in [0.15, 0.2) is 29.3 Å². The highest BCUT2D eigenvalue weighted by Gasteiger charge is 2.44. The SMILES string of the molecule is NC(=NCC1(c2ccc(C(F)(F)F)cc2)CC1)NC1CCC1. The van der Waals surface area contributed by atoms with Gasteiger partial charge in [0.25, 0.3) is 0 Å². The number of alkyl halides is 3. The Morgan fingerprint density at radius 3 is 2.32 bits per heavy atom. The monoisotopic (exact) mass is 311 g/mol. The van der Waals surface area contributed by atoms with Gasteiger partial charge in [0, 0.05) is 11.5 Å². The van der Waals surface area contributed by atoms with Crippen molar-refractivity contribution < 1.29 is 13.2 Å². The highest BCUT2D eigenvalue weighted by atomic mass is 19.4. The molecule has 0 saturated heterocycles. The number of aliphatic imine (C=N–C) groups is 1. The molecule has 2 fully saturated rings. The van der Waals surface area contributed by atoms with E-state index in [0.717, 1.165) is 43.4 Å². The number of nitrogens with zero attached hydrogens (tertiary/aromatic N) is 1. The van der Waals surface area contributed by atoms with Crippen LogP contribution in [0.4, 0.5) is 13.2 Å². The summed E-state index contributed by atoms with van der Waals surface area (Å²) in [6, 6.07) is 5.87. The second-order valence-corrected chi connectivity index (χ2v) is 6.33. The van der Waals surface area contributed by atoms with E-state index in [2.05, 4.69) is 10.3 Å². The van der Waals surface area contributed by atoms with Crippen molar-refractivity contribution in [3.8, 4) is 0 Å². The number of benzene rings is 1. The van der Waals surface area contributed by atoms with E-state index in [1.165, 1.54) is 6.42 Å². The number of nitrogens with one attached hydrogen (secondary N) is 1. The molecule has 2 aliphatic carbocycles. The Labute approximate surface area is 127 Å². The fraction of sp³-hybridized carbons (Fsp3) is 0.562. The fourth-order valence-corrected chi connectivity index (χ4v) is 2.75. The Kier molecular flexibility index (Phi) is 3.78. The molecule has 0 heterocycles. The molecule has 0 aliphatic heterocycles. The van der Waals surface area contributed by atoms with Crippen molar-refractivity contribution in [1.82, 2.24) is 5.32 Å². The maximum atomic E-state index is 12.6. The quantitative estimate of drug-likeness (QED) is 0.663. The van der Waals surface area contributed by atoms with E-state index < -0.39 is 11.7 Å². The van der Waals surface area contributed by atoms with Crippen LogP contribution >= 0.6 is 0 Å². The molecule has 0 radical (unpaired) electrons. The van der Waals surface area contributed by atoms with Crippen LogP contribution in [0.25, 0.3) is 0 Å². The summed E-state index contributed by atoms with van der Waals surface area (Å²) in [7, 11) is 0. The Morgan fingerprint density at radius 1 is 1.23 bits per heavy atom. The van der Waals surface area contributed by atoms with Gasteiger partial charge < -0.3 is 11.1 Å². The van der Waals surface area contributed by atoms with Gasteiger partial charge in [0.2, 0.25) is 0 Å². The molecule has 2 saturated carbocycles. The fourth-order valence-electron chi connectivity index (χ4n) is 2.75. The van der Waals surface area contributed by atoms with Gasteiger partial charge in [-0.3, -0.25) is 4.99 Å². The Bertz CT molecular complexity index is 555. The smallest absolute Gasteiger partial charge is 0.370 e. The number of nitrogens with two attached hydrogens (primary N) is 1. The van der Waals surface area contributed by atoms with Crippen LogP contribution in [0.3, 0.4) is 0 Å². The van der Waals surface area contributed by atoms with Crippen LogP contribution in [0.2, 0.25) is 0 Å². The van der Waals surface area contributed by atoms with E-state index in [0.29, 0.717) is 18.5 Å². The highest BCUT2D eigenvalue weighted by Crippen LogP contribution is 2.48. The lowest BCUT2D eigenvalue weighted by atomic mass is 9.93. The van der Waals surface area contributed by atoms with Gasteiger partial charge in [-0.25, -0.2) is 0 Å². The summed E-state index contributed by atoms with van der Waals surface area (Å²) in [5.41, 5.74) is 6.05. The molecule has 0 aromatic heterocycles. The number of hydrogen-bond acceptors (Lipinski definition) is 1. The number of guanidine groups is 1. The minimum absolute atomic E-state index is 0.129. The maximum Gasteiger partial charge on any atom is 0.416 e. The number of halogens is 3. The Balaban J connectivity index is 1.64. The van der Waals surface area contributed by atoms with Crippen LogP contribution in [-0.4, -0.2) is 18.5 Å². The van der Waals surface area contributed by atoms with E-state index in [4.69, 9.17) is 5.73 Å². The van der Waals surface area contributed by atoms with Gasteiger partial charge in [0.05, 0.1) is 12.1 Å². The minimum Gasteiger partial charge on any atom is -0.370 e. The molecule has 6 heteroatoms. The van der Waals surface area contributed by atoms with Crippen LogP contribution in [0.5, 0.6) is 0 Å².